The van der Waals surface area contributed by atoms with E-state index in [0.717, 1.165) is 35.3 Å². The molecule has 0 saturated carbocycles. The van der Waals surface area contributed by atoms with Crippen molar-refractivity contribution < 1.29 is 19.5 Å². The third-order valence-electron chi connectivity index (χ3n) is 6.42. The molecule has 0 aliphatic carbocycles. The van der Waals surface area contributed by atoms with Crippen molar-refractivity contribution in [3.8, 4) is 11.8 Å². The summed E-state index contributed by atoms with van der Waals surface area (Å²) in [6, 6.07) is 18.8. The first kappa shape index (κ1) is 27.3. The molecule has 0 unspecified atom stereocenters. The van der Waals surface area contributed by atoms with Gasteiger partial charge in [-0.05, 0) is 79.8 Å². The number of carbonyl (C=O) groups is 3. The van der Waals surface area contributed by atoms with E-state index >= 15 is 0 Å². The summed E-state index contributed by atoms with van der Waals surface area (Å²) in [5.41, 5.74) is 2.57. The number of nitrogens with zero attached hydrogens (tertiary/aromatic N) is 2. The monoisotopic (exact) mass is 497 g/mol. The second-order valence-corrected chi connectivity index (χ2v) is 8.84. The zero-order valence-electron chi connectivity index (χ0n) is 21.3. The molecular weight excluding hydrogens is 466 g/mol. The Morgan fingerprint density at radius 2 is 1.54 bits per heavy atom. The first-order valence-corrected chi connectivity index (χ1v) is 12.0. The number of ketones is 1. The van der Waals surface area contributed by atoms with Crippen LogP contribution < -0.4 is 5.32 Å². The maximum atomic E-state index is 13.0. The van der Waals surface area contributed by atoms with Gasteiger partial charge in [-0.25, -0.2) is 0 Å². The Balaban J connectivity index is 1.62. The lowest BCUT2D eigenvalue weighted by atomic mass is 9.92. The van der Waals surface area contributed by atoms with Crippen LogP contribution in [-0.2, 0) is 22.4 Å². The lowest BCUT2D eigenvalue weighted by molar-refractivity contribution is -0.143. The van der Waals surface area contributed by atoms with Gasteiger partial charge in [0.25, 0.3) is 11.8 Å². The highest BCUT2D eigenvalue weighted by atomic mass is 16.3. The van der Waals surface area contributed by atoms with Crippen LogP contribution in [0.4, 0.5) is 0 Å². The molecule has 1 aromatic heterocycles. The highest BCUT2D eigenvalue weighted by Gasteiger charge is 2.46. The summed E-state index contributed by atoms with van der Waals surface area (Å²) in [6.45, 7) is 0.455. The summed E-state index contributed by atoms with van der Waals surface area (Å²) >= 11 is 0. The van der Waals surface area contributed by atoms with Gasteiger partial charge in [0, 0.05) is 43.2 Å². The zero-order valence-corrected chi connectivity index (χ0v) is 21.3. The molecule has 1 atom stereocenters. The number of likely N-dealkylation sites (N-methyl/N-ethyl adjacent to an activating group) is 2. The van der Waals surface area contributed by atoms with E-state index in [4.69, 9.17) is 0 Å². The molecule has 0 spiro atoms. The number of rotatable bonds is 9. The Kier molecular flexibility index (Phi) is 9.31. The van der Waals surface area contributed by atoms with E-state index in [1.165, 1.54) is 32.1 Å². The van der Waals surface area contributed by atoms with Crippen molar-refractivity contribution in [1.82, 2.24) is 15.2 Å². The van der Waals surface area contributed by atoms with Gasteiger partial charge in [-0.3, -0.25) is 19.4 Å². The van der Waals surface area contributed by atoms with Crippen LogP contribution in [0.2, 0.25) is 0 Å². The van der Waals surface area contributed by atoms with Crippen LogP contribution in [0, 0.1) is 11.8 Å². The number of nitrogens with one attached hydrogen (secondary N) is 1. The molecule has 3 rings (SSSR count). The van der Waals surface area contributed by atoms with E-state index in [-0.39, 0.29) is 0 Å². The number of aryl methyl sites for hydroxylation is 2. The number of aliphatic hydroxyl groups is 1. The highest BCUT2D eigenvalue weighted by Crippen LogP contribution is 2.19. The third-order valence-corrected chi connectivity index (χ3v) is 6.42. The average Bonchev–Trinajstić information content (AvgIpc) is 2.95. The standard InChI is InChI=1S/C30H31N3O4/c1-30(27(35)21-34,29(37)31-2)33(3)28(36)26-17-15-24(16-18-26)14-13-23-11-9-22(10-12-23)6-4-7-25-8-5-19-32-20-25/h5,8-12,15-20,34H,4,6-7,21H2,1-3H3,(H,31,37)/t30-/m1/s1. The van der Waals surface area contributed by atoms with E-state index < -0.39 is 29.7 Å². The van der Waals surface area contributed by atoms with Crippen LogP contribution >= 0.6 is 0 Å². The van der Waals surface area contributed by atoms with Crippen molar-refractivity contribution in [1.29, 1.82) is 0 Å². The summed E-state index contributed by atoms with van der Waals surface area (Å²) in [7, 11) is 2.73. The largest absolute Gasteiger partial charge is 0.388 e. The summed E-state index contributed by atoms with van der Waals surface area (Å²) in [5.74, 6) is 4.25. The van der Waals surface area contributed by atoms with Gasteiger partial charge < -0.3 is 15.3 Å². The molecule has 0 fully saturated rings. The predicted octanol–water partition coefficient (Wildman–Crippen LogP) is 2.79. The number of aromatic nitrogens is 1. The number of pyridine rings is 1. The smallest absolute Gasteiger partial charge is 0.254 e. The minimum atomic E-state index is -1.83. The van der Waals surface area contributed by atoms with Gasteiger partial charge in [0.05, 0.1) is 0 Å². The van der Waals surface area contributed by atoms with Crippen LogP contribution in [0.1, 0.15) is 46.0 Å². The van der Waals surface area contributed by atoms with Gasteiger partial charge in [0.2, 0.25) is 0 Å². The van der Waals surface area contributed by atoms with E-state index in [1.54, 1.807) is 30.5 Å². The van der Waals surface area contributed by atoms with Gasteiger partial charge in [-0.15, -0.1) is 0 Å². The maximum absolute atomic E-state index is 13.0. The van der Waals surface area contributed by atoms with Gasteiger partial charge in [-0.1, -0.05) is 30.0 Å². The summed E-state index contributed by atoms with van der Waals surface area (Å²) < 4.78 is 0. The lowest BCUT2D eigenvalue weighted by Gasteiger charge is -2.35. The molecule has 0 radical (unpaired) electrons. The van der Waals surface area contributed by atoms with Crippen molar-refractivity contribution in [3.05, 3.63) is 101 Å². The summed E-state index contributed by atoms with van der Waals surface area (Å²) in [4.78, 5) is 42.8. The molecule has 190 valence electrons. The fourth-order valence-electron chi connectivity index (χ4n) is 3.90. The second-order valence-electron chi connectivity index (χ2n) is 8.84. The van der Waals surface area contributed by atoms with Gasteiger partial charge in [0.1, 0.15) is 6.61 Å². The van der Waals surface area contributed by atoms with E-state index in [2.05, 4.69) is 40.3 Å². The third kappa shape index (κ3) is 6.69. The number of amides is 2. The molecular formula is C30H31N3O4. The normalized spacial score (nSPS) is 12.0. The van der Waals surface area contributed by atoms with Crippen molar-refractivity contribution in [2.24, 2.45) is 0 Å². The Hall–Kier alpha value is -4.28. The number of aliphatic hydroxyl groups excluding tert-OH is 1. The summed E-state index contributed by atoms with van der Waals surface area (Å²) in [5, 5.41) is 11.7. The molecule has 2 aromatic carbocycles. The molecule has 1 heterocycles. The van der Waals surface area contributed by atoms with Crippen LogP contribution in [0.15, 0.2) is 73.1 Å². The van der Waals surface area contributed by atoms with Crippen molar-refractivity contribution in [2.45, 2.75) is 31.7 Å². The molecule has 7 nitrogen and oxygen atoms in total. The molecule has 7 heteroatoms. The Bertz CT molecular complexity index is 1270. The minimum Gasteiger partial charge on any atom is -0.388 e. The Labute approximate surface area is 217 Å². The van der Waals surface area contributed by atoms with E-state index in [9.17, 15) is 19.5 Å². The van der Waals surface area contributed by atoms with Crippen LogP contribution in [-0.4, -0.2) is 58.8 Å². The molecule has 0 aliphatic heterocycles. The number of benzene rings is 2. The molecule has 0 bridgehead atoms. The maximum Gasteiger partial charge on any atom is 0.254 e. The summed E-state index contributed by atoms with van der Waals surface area (Å²) in [6.07, 6.45) is 6.71. The minimum absolute atomic E-state index is 0.296. The fourth-order valence-corrected chi connectivity index (χ4v) is 3.90. The van der Waals surface area contributed by atoms with Gasteiger partial charge >= 0.3 is 0 Å². The SMILES string of the molecule is CNC(=O)[C@@](C)(C(=O)CO)N(C)C(=O)c1ccc(C#Cc2ccc(CCCc3cccnc3)cc2)cc1. The highest BCUT2D eigenvalue weighted by molar-refractivity contribution is 6.14. The quantitative estimate of drug-likeness (QED) is 0.350. The van der Waals surface area contributed by atoms with Gasteiger partial charge in [0.15, 0.2) is 11.3 Å². The van der Waals surface area contributed by atoms with Crippen molar-refractivity contribution in [3.63, 3.8) is 0 Å². The Morgan fingerprint density at radius 3 is 2.08 bits per heavy atom. The molecule has 2 N–H and O–H groups in total. The topological polar surface area (TPSA) is 99.6 Å². The predicted molar refractivity (Wildman–Crippen MR) is 142 cm³/mol. The number of hydrogen-bond donors (Lipinski definition) is 2. The van der Waals surface area contributed by atoms with Crippen molar-refractivity contribution >= 4 is 17.6 Å². The van der Waals surface area contributed by atoms with Crippen LogP contribution in [0.25, 0.3) is 0 Å². The first-order valence-electron chi connectivity index (χ1n) is 12.0. The lowest BCUT2D eigenvalue weighted by Crippen LogP contribution is -2.62. The molecule has 37 heavy (non-hydrogen) atoms. The van der Waals surface area contributed by atoms with Crippen LogP contribution in [0.5, 0.6) is 0 Å². The molecule has 0 saturated heterocycles. The first-order chi connectivity index (χ1) is 17.8. The fraction of sp³-hybridized carbons (Fsp3) is 0.267. The van der Waals surface area contributed by atoms with E-state index in [1.807, 2.05) is 24.4 Å². The zero-order chi connectivity index (χ0) is 26.8. The Morgan fingerprint density at radius 1 is 0.946 bits per heavy atom. The van der Waals surface area contributed by atoms with Crippen LogP contribution in [0.3, 0.4) is 0 Å². The number of hydrogen-bond acceptors (Lipinski definition) is 5. The number of carbonyl (C=O) groups excluding carboxylic acids is 3. The number of Topliss-reactive ketones (excluding diaryl/α,β-unsaturated/α-hetero) is 1. The molecule has 3 aromatic rings. The van der Waals surface area contributed by atoms with E-state index in [0.29, 0.717) is 5.56 Å². The molecule has 0 aliphatic rings. The average molecular weight is 498 g/mol. The van der Waals surface area contributed by atoms with Crippen molar-refractivity contribution in [2.75, 3.05) is 20.7 Å². The van der Waals surface area contributed by atoms with Gasteiger partial charge in [-0.2, -0.15) is 0 Å². The second kappa shape index (κ2) is 12.6. The molecule has 2 amide bonds.